The second kappa shape index (κ2) is 10.6. The third-order valence-corrected chi connectivity index (χ3v) is 5.44. The molecule has 1 heterocycles. The molecule has 0 aliphatic carbocycles. The van der Waals surface area contributed by atoms with Crippen LogP contribution in [0.5, 0.6) is 11.5 Å². The summed E-state index contributed by atoms with van der Waals surface area (Å²) in [5.74, 6) is 1.30. The van der Waals surface area contributed by atoms with Gasteiger partial charge in [0.1, 0.15) is 11.5 Å². The Morgan fingerprint density at radius 1 is 1.10 bits per heavy atom. The minimum atomic E-state index is -0.0696. The monoisotopic (exact) mass is 411 g/mol. The van der Waals surface area contributed by atoms with E-state index in [0.29, 0.717) is 23.6 Å². The first kappa shape index (κ1) is 21.6. The van der Waals surface area contributed by atoms with E-state index in [1.165, 1.54) is 10.6 Å². The Morgan fingerprint density at radius 2 is 1.83 bits per heavy atom. The van der Waals surface area contributed by atoms with Crippen molar-refractivity contribution in [1.29, 1.82) is 0 Å². The van der Waals surface area contributed by atoms with Crippen LogP contribution in [0.3, 0.4) is 0 Å². The lowest BCUT2D eigenvalue weighted by Gasteiger charge is -2.33. The number of anilines is 1. The molecule has 3 rings (SSSR count). The van der Waals surface area contributed by atoms with Crippen molar-refractivity contribution in [1.82, 2.24) is 5.43 Å². The van der Waals surface area contributed by atoms with Gasteiger partial charge in [0.25, 0.3) is 0 Å². The number of piperazine rings is 1. The summed E-state index contributed by atoms with van der Waals surface area (Å²) in [6.07, 6.45) is 0.456. The molecule has 1 aliphatic rings. The number of para-hydroxylation sites is 1. The van der Waals surface area contributed by atoms with Gasteiger partial charge in [-0.3, -0.25) is 4.79 Å². The molecule has 0 spiro atoms. The molecule has 2 aromatic carbocycles. The van der Waals surface area contributed by atoms with Gasteiger partial charge in [0.15, 0.2) is 0 Å². The Labute approximate surface area is 178 Å². The summed E-state index contributed by atoms with van der Waals surface area (Å²) in [5.41, 5.74) is 5.45. The van der Waals surface area contributed by atoms with Crippen LogP contribution in [0.15, 0.2) is 53.6 Å². The molecule has 0 atom stereocenters. The number of carbonyl (C=O) groups excluding carboxylic acids is 1. The number of amides is 1. The largest absolute Gasteiger partial charge is 0.497 e. The number of nitrogens with zero attached hydrogens (tertiary/aromatic N) is 2. The number of hydrazone groups is 1. The van der Waals surface area contributed by atoms with E-state index in [1.807, 2.05) is 25.1 Å². The van der Waals surface area contributed by atoms with E-state index >= 15 is 0 Å². The summed E-state index contributed by atoms with van der Waals surface area (Å²) in [4.78, 5) is 16.1. The molecular formula is C23H31N4O3+. The first-order valence-corrected chi connectivity index (χ1v) is 10.3. The topological polar surface area (TPSA) is 67.6 Å². The molecule has 0 unspecified atom stereocenters. The van der Waals surface area contributed by atoms with Gasteiger partial charge in [0, 0.05) is 17.3 Å². The highest BCUT2D eigenvalue weighted by Crippen LogP contribution is 2.25. The van der Waals surface area contributed by atoms with Crippen molar-refractivity contribution in [2.75, 3.05) is 51.8 Å². The fourth-order valence-electron chi connectivity index (χ4n) is 3.62. The van der Waals surface area contributed by atoms with Crippen LogP contribution in [0.1, 0.15) is 18.9 Å². The molecule has 30 heavy (non-hydrogen) atoms. The number of rotatable bonds is 8. The number of carbonyl (C=O) groups is 1. The summed E-state index contributed by atoms with van der Waals surface area (Å²) in [6, 6.07) is 16.0. The number of hydrogen-bond donors (Lipinski definition) is 2. The highest BCUT2D eigenvalue weighted by molar-refractivity contribution is 6.01. The molecule has 0 bridgehead atoms. The maximum absolute atomic E-state index is 12.3. The van der Waals surface area contributed by atoms with E-state index < -0.39 is 0 Å². The van der Waals surface area contributed by atoms with Gasteiger partial charge in [-0.1, -0.05) is 18.2 Å². The minimum Gasteiger partial charge on any atom is -0.497 e. The fourth-order valence-corrected chi connectivity index (χ4v) is 3.62. The van der Waals surface area contributed by atoms with E-state index in [4.69, 9.17) is 9.47 Å². The predicted molar refractivity (Wildman–Crippen MR) is 119 cm³/mol. The Kier molecular flexibility index (Phi) is 7.68. The van der Waals surface area contributed by atoms with Gasteiger partial charge in [0.2, 0.25) is 5.91 Å². The van der Waals surface area contributed by atoms with E-state index in [-0.39, 0.29) is 5.91 Å². The van der Waals surface area contributed by atoms with Crippen LogP contribution >= 0.6 is 0 Å². The summed E-state index contributed by atoms with van der Waals surface area (Å²) >= 11 is 0. The Balaban J connectivity index is 1.45. The van der Waals surface area contributed by atoms with Crippen molar-refractivity contribution in [2.45, 2.75) is 13.3 Å². The van der Waals surface area contributed by atoms with Crippen LogP contribution in [0.2, 0.25) is 0 Å². The first-order chi connectivity index (χ1) is 14.6. The third-order valence-electron chi connectivity index (χ3n) is 5.44. The number of methoxy groups -OCH3 is 2. The molecular weight excluding hydrogens is 380 g/mol. The van der Waals surface area contributed by atoms with Gasteiger partial charge in [-0.05, 0) is 31.2 Å². The van der Waals surface area contributed by atoms with Crippen molar-refractivity contribution in [3.63, 3.8) is 0 Å². The highest BCUT2D eigenvalue weighted by atomic mass is 16.5. The smallest absolute Gasteiger partial charge is 0.245 e. The maximum atomic E-state index is 12.3. The molecule has 1 aliphatic heterocycles. The molecule has 1 saturated heterocycles. The van der Waals surface area contributed by atoms with Gasteiger partial charge in [0.05, 0.1) is 59.1 Å². The number of nitrogens with one attached hydrogen (secondary N) is 2. The molecule has 0 radical (unpaired) electrons. The zero-order chi connectivity index (χ0) is 21.3. The van der Waals surface area contributed by atoms with E-state index in [0.717, 1.165) is 38.3 Å². The summed E-state index contributed by atoms with van der Waals surface area (Å²) < 4.78 is 10.6. The lowest BCUT2D eigenvalue weighted by Crippen LogP contribution is -3.15. The van der Waals surface area contributed by atoms with E-state index in [2.05, 4.69) is 39.7 Å². The van der Waals surface area contributed by atoms with E-state index in [1.54, 1.807) is 20.3 Å². The highest BCUT2D eigenvalue weighted by Gasteiger charge is 2.20. The summed E-state index contributed by atoms with van der Waals surface area (Å²) in [5, 5.41) is 4.25. The molecule has 7 nitrogen and oxygen atoms in total. The zero-order valence-electron chi connectivity index (χ0n) is 18.0. The molecule has 7 heteroatoms. The quantitative estimate of drug-likeness (QED) is 0.508. The van der Waals surface area contributed by atoms with E-state index in [9.17, 15) is 4.79 Å². The van der Waals surface area contributed by atoms with Crippen molar-refractivity contribution < 1.29 is 19.2 Å². The maximum Gasteiger partial charge on any atom is 0.245 e. The second-order valence-electron chi connectivity index (χ2n) is 7.37. The Morgan fingerprint density at radius 3 is 2.50 bits per heavy atom. The lowest BCUT2D eigenvalue weighted by molar-refractivity contribution is -0.900. The van der Waals surface area contributed by atoms with Gasteiger partial charge in [-0.15, -0.1) is 0 Å². The molecule has 0 aromatic heterocycles. The molecule has 0 saturated carbocycles. The predicted octanol–water partition coefficient (Wildman–Crippen LogP) is 1.34. The Bertz CT molecular complexity index is 862. The minimum absolute atomic E-state index is 0.0696. The first-order valence-electron chi connectivity index (χ1n) is 10.3. The van der Waals surface area contributed by atoms with Crippen molar-refractivity contribution >= 4 is 17.3 Å². The normalized spacial score (nSPS) is 15.0. The summed E-state index contributed by atoms with van der Waals surface area (Å²) in [6.45, 7) is 6.75. The molecule has 1 fully saturated rings. The van der Waals surface area contributed by atoms with Crippen molar-refractivity contribution in [3.8, 4) is 11.5 Å². The number of ether oxygens (including phenoxy) is 2. The van der Waals surface area contributed by atoms with Crippen LogP contribution in [0.4, 0.5) is 5.69 Å². The molecule has 160 valence electrons. The van der Waals surface area contributed by atoms with Gasteiger partial charge in [-0.2, -0.15) is 5.10 Å². The standard InChI is InChI=1S/C23H30N4O3/c1-18(21-10-9-20(29-2)17-22(21)30-3)24-25-23(28)11-12-26-13-15-27(16-14-26)19-7-5-4-6-8-19/h4-10,17H,11-16H2,1-3H3,(H,25,28)/p+1/b24-18-. The third kappa shape index (κ3) is 5.73. The van der Waals surface area contributed by atoms with Gasteiger partial charge < -0.3 is 19.3 Å². The zero-order valence-corrected chi connectivity index (χ0v) is 18.0. The van der Waals surface area contributed by atoms with Gasteiger partial charge >= 0.3 is 0 Å². The molecule has 2 N–H and O–H groups in total. The lowest BCUT2D eigenvalue weighted by atomic mass is 10.1. The average Bonchev–Trinajstić information content (AvgIpc) is 2.81. The average molecular weight is 412 g/mol. The van der Waals surface area contributed by atoms with Crippen molar-refractivity contribution in [2.24, 2.45) is 5.10 Å². The van der Waals surface area contributed by atoms with Crippen LogP contribution < -0.4 is 24.7 Å². The van der Waals surface area contributed by atoms with Crippen molar-refractivity contribution in [3.05, 3.63) is 54.1 Å². The molecule has 1 amide bonds. The summed E-state index contributed by atoms with van der Waals surface area (Å²) in [7, 11) is 3.21. The molecule has 2 aromatic rings. The SMILES string of the molecule is COc1ccc(/C(C)=N\NC(=O)CC[NH+]2CCN(c3ccccc3)CC2)c(OC)c1. The van der Waals surface area contributed by atoms with Gasteiger partial charge in [-0.25, -0.2) is 5.43 Å². The number of hydrogen-bond acceptors (Lipinski definition) is 5. The van der Waals surface area contributed by atoms with Crippen LogP contribution in [0, 0.1) is 0 Å². The second-order valence-corrected chi connectivity index (χ2v) is 7.37. The fraction of sp³-hybridized carbons (Fsp3) is 0.391. The van der Waals surface area contributed by atoms with Crippen LogP contribution in [-0.4, -0.2) is 58.6 Å². The number of quaternary nitrogens is 1. The van der Waals surface area contributed by atoms with Crippen LogP contribution in [-0.2, 0) is 4.79 Å². The van der Waals surface area contributed by atoms with Crippen LogP contribution in [0.25, 0.3) is 0 Å². The Hall–Kier alpha value is -3.06. The number of benzene rings is 2.